The largest absolute Gasteiger partial charge is 0.395 e. The molecule has 2 aliphatic heterocycles. The maximum Gasteiger partial charge on any atom is 0.146 e. The van der Waals surface area contributed by atoms with Gasteiger partial charge in [0.15, 0.2) is 0 Å². The van der Waals surface area contributed by atoms with E-state index in [0.717, 1.165) is 82.0 Å². The van der Waals surface area contributed by atoms with E-state index in [4.69, 9.17) is 14.7 Å². The number of aliphatic hydroxyl groups is 1. The van der Waals surface area contributed by atoms with Gasteiger partial charge in [-0.15, -0.1) is 22.7 Å². The molecule has 2 saturated heterocycles. The number of morpholine rings is 1. The van der Waals surface area contributed by atoms with Gasteiger partial charge in [-0.05, 0) is 11.4 Å². The molecule has 0 spiro atoms. The summed E-state index contributed by atoms with van der Waals surface area (Å²) < 4.78 is 5.49. The van der Waals surface area contributed by atoms with Crippen molar-refractivity contribution in [2.24, 2.45) is 0 Å². The van der Waals surface area contributed by atoms with Gasteiger partial charge in [0.25, 0.3) is 0 Å². The number of piperazine rings is 1. The lowest BCUT2D eigenvalue weighted by Gasteiger charge is -2.35. The van der Waals surface area contributed by atoms with Crippen LogP contribution in [0.25, 0.3) is 20.7 Å². The fraction of sp³-hybridized carbons (Fsp3) is 0.524. The van der Waals surface area contributed by atoms with Gasteiger partial charge in [0.05, 0.1) is 31.8 Å². The molecule has 0 atom stereocenters. The van der Waals surface area contributed by atoms with Crippen molar-refractivity contribution in [3.63, 3.8) is 0 Å². The van der Waals surface area contributed by atoms with Crippen LogP contribution in [0.2, 0.25) is 0 Å². The Balaban J connectivity index is 1.50. The monoisotopic (exact) mass is 445 g/mol. The highest BCUT2D eigenvalue weighted by Crippen LogP contribution is 2.40. The van der Waals surface area contributed by atoms with E-state index in [-0.39, 0.29) is 6.61 Å². The van der Waals surface area contributed by atoms with Crippen LogP contribution in [0, 0.1) is 0 Å². The molecule has 30 heavy (non-hydrogen) atoms. The zero-order valence-corrected chi connectivity index (χ0v) is 18.6. The van der Waals surface area contributed by atoms with E-state index in [2.05, 4.69) is 37.6 Å². The molecule has 0 amide bonds. The van der Waals surface area contributed by atoms with E-state index in [9.17, 15) is 5.11 Å². The molecule has 2 fully saturated rings. The number of hydrogen-bond donors (Lipinski definition) is 1. The van der Waals surface area contributed by atoms with Crippen molar-refractivity contribution < 1.29 is 9.84 Å². The minimum atomic E-state index is 0.217. The Hall–Kier alpha value is -1.62. The minimum absolute atomic E-state index is 0.217. The van der Waals surface area contributed by atoms with Crippen LogP contribution in [0.4, 0.5) is 5.82 Å². The lowest BCUT2D eigenvalue weighted by atomic mass is 10.1. The van der Waals surface area contributed by atoms with Gasteiger partial charge in [-0.1, -0.05) is 6.07 Å². The molecule has 9 heteroatoms. The number of aromatic nitrogens is 2. The van der Waals surface area contributed by atoms with E-state index in [0.29, 0.717) is 0 Å². The minimum Gasteiger partial charge on any atom is -0.395 e. The van der Waals surface area contributed by atoms with Crippen molar-refractivity contribution in [2.75, 3.05) is 70.5 Å². The predicted molar refractivity (Wildman–Crippen MR) is 123 cm³/mol. The maximum atomic E-state index is 9.26. The lowest BCUT2D eigenvalue weighted by molar-refractivity contribution is 0.0331. The summed E-state index contributed by atoms with van der Waals surface area (Å²) in [6, 6.07) is 4.28. The van der Waals surface area contributed by atoms with Crippen molar-refractivity contribution in [3.05, 3.63) is 28.7 Å². The lowest BCUT2D eigenvalue weighted by Crippen LogP contribution is -2.47. The summed E-state index contributed by atoms with van der Waals surface area (Å²) in [5, 5.41) is 14.8. The smallest absolute Gasteiger partial charge is 0.146 e. The SMILES string of the molecule is OCCN1CCN(c2nc(CN3CCOCC3)nc3scc(-c4cccs4)c23)CC1. The third-order valence-corrected chi connectivity index (χ3v) is 7.58. The second kappa shape index (κ2) is 9.25. The molecule has 3 aromatic heterocycles. The predicted octanol–water partition coefficient (Wildman–Crippen LogP) is 2.37. The van der Waals surface area contributed by atoms with Gasteiger partial charge in [0, 0.05) is 61.6 Å². The number of nitrogens with zero attached hydrogens (tertiary/aromatic N) is 5. The molecule has 0 saturated carbocycles. The Morgan fingerprint density at radius 1 is 1.00 bits per heavy atom. The second-order valence-electron chi connectivity index (χ2n) is 7.71. The molecule has 2 aliphatic rings. The summed E-state index contributed by atoms with van der Waals surface area (Å²) in [5.41, 5.74) is 1.25. The third-order valence-electron chi connectivity index (χ3n) is 5.80. The quantitative estimate of drug-likeness (QED) is 0.625. The van der Waals surface area contributed by atoms with Gasteiger partial charge in [-0.25, -0.2) is 9.97 Å². The van der Waals surface area contributed by atoms with Crippen molar-refractivity contribution in [3.8, 4) is 10.4 Å². The average molecular weight is 446 g/mol. The van der Waals surface area contributed by atoms with E-state index < -0.39 is 0 Å². The fourth-order valence-corrected chi connectivity index (χ4v) is 5.94. The van der Waals surface area contributed by atoms with Crippen LogP contribution >= 0.6 is 22.7 Å². The van der Waals surface area contributed by atoms with Gasteiger partial charge < -0.3 is 14.7 Å². The highest BCUT2D eigenvalue weighted by molar-refractivity contribution is 7.18. The summed E-state index contributed by atoms with van der Waals surface area (Å²) in [6.07, 6.45) is 0. The Morgan fingerprint density at radius 2 is 1.83 bits per heavy atom. The average Bonchev–Trinajstić information content (AvgIpc) is 3.44. The molecule has 160 valence electrons. The van der Waals surface area contributed by atoms with Crippen molar-refractivity contribution in [2.45, 2.75) is 6.54 Å². The molecule has 7 nitrogen and oxygen atoms in total. The number of thiophene rings is 2. The zero-order valence-electron chi connectivity index (χ0n) is 17.0. The molecule has 0 aromatic carbocycles. The summed E-state index contributed by atoms with van der Waals surface area (Å²) in [6.45, 7) is 8.89. The molecular formula is C21H27N5O2S2. The molecule has 1 N–H and O–H groups in total. The van der Waals surface area contributed by atoms with E-state index in [1.807, 2.05) is 0 Å². The molecule has 0 bridgehead atoms. The van der Waals surface area contributed by atoms with E-state index in [1.165, 1.54) is 15.8 Å². The van der Waals surface area contributed by atoms with Crippen molar-refractivity contribution in [1.29, 1.82) is 0 Å². The first-order chi connectivity index (χ1) is 14.8. The first kappa shape index (κ1) is 20.3. The molecule has 0 unspecified atom stereocenters. The number of β-amino-alcohol motifs (C(OH)–C–C–N with tert-alkyl or cyclic N) is 1. The molecule has 0 aliphatic carbocycles. The first-order valence-corrected chi connectivity index (χ1v) is 12.3. The van der Waals surface area contributed by atoms with Crippen LogP contribution in [-0.2, 0) is 11.3 Å². The normalized spacial score (nSPS) is 19.0. The number of ether oxygens (including phenoxy) is 1. The fourth-order valence-electron chi connectivity index (χ4n) is 4.16. The third kappa shape index (κ3) is 4.23. The number of anilines is 1. The summed E-state index contributed by atoms with van der Waals surface area (Å²) >= 11 is 3.48. The van der Waals surface area contributed by atoms with Gasteiger partial charge in [-0.2, -0.15) is 0 Å². The van der Waals surface area contributed by atoms with Gasteiger partial charge in [-0.3, -0.25) is 9.80 Å². The molecule has 0 radical (unpaired) electrons. The summed E-state index contributed by atoms with van der Waals surface area (Å²) in [7, 11) is 0. The number of fused-ring (bicyclic) bond motifs is 1. The summed E-state index contributed by atoms with van der Waals surface area (Å²) in [5.74, 6) is 1.97. The molecular weight excluding hydrogens is 418 g/mol. The Kier molecular flexibility index (Phi) is 6.26. The Morgan fingerprint density at radius 3 is 2.57 bits per heavy atom. The second-order valence-corrected chi connectivity index (χ2v) is 9.52. The van der Waals surface area contributed by atoms with Gasteiger partial charge in [0.2, 0.25) is 0 Å². The van der Waals surface area contributed by atoms with Crippen LogP contribution in [-0.4, -0.2) is 90.5 Å². The molecule has 5 heterocycles. The maximum absolute atomic E-state index is 9.26. The zero-order chi connectivity index (χ0) is 20.3. The van der Waals surface area contributed by atoms with E-state index >= 15 is 0 Å². The van der Waals surface area contributed by atoms with Crippen molar-refractivity contribution in [1.82, 2.24) is 19.8 Å². The first-order valence-electron chi connectivity index (χ1n) is 10.5. The highest BCUT2D eigenvalue weighted by atomic mass is 32.1. The highest BCUT2D eigenvalue weighted by Gasteiger charge is 2.24. The standard InChI is InChI=1S/C21H27N5O2S2/c27-10-7-24-3-5-26(6-4-24)20-19-16(17-2-1-13-29-17)15-30-21(19)23-18(22-20)14-25-8-11-28-12-9-25/h1-2,13,15,27H,3-12,14H2. The number of hydrogen-bond acceptors (Lipinski definition) is 9. The van der Waals surface area contributed by atoms with Gasteiger partial charge >= 0.3 is 0 Å². The van der Waals surface area contributed by atoms with Crippen LogP contribution in [0.3, 0.4) is 0 Å². The van der Waals surface area contributed by atoms with Crippen LogP contribution < -0.4 is 4.90 Å². The Bertz CT molecular complexity index is 963. The summed E-state index contributed by atoms with van der Waals surface area (Å²) in [4.78, 5) is 19.5. The Labute approximate surface area is 184 Å². The van der Waals surface area contributed by atoms with E-state index in [1.54, 1.807) is 22.7 Å². The molecule has 3 aromatic rings. The topological polar surface area (TPSA) is 65.0 Å². The van der Waals surface area contributed by atoms with Crippen LogP contribution in [0.15, 0.2) is 22.9 Å². The van der Waals surface area contributed by atoms with Crippen LogP contribution in [0.5, 0.6) is 0 Å². The number of rotatable bonds is 6. The van der Waals surface area contributed by atoms with Crippen molar-refractivity contribution >= 4 is 38.7 Å². The molecule has 5 rings (SSSR count). The van der Waals surface area contributed by atoms with Gasteiger partial charge in [0.1, 0.15) is 16.5 Å². The van der Waals surface area contributed by atoms with Crippen LogP contribution in [0.1, 0.15) is 5.82 Å². The number of aliphatic hydroxyl groups excluding tert-OH is 1.